The van der Waals surface area contributed by atoms with Crippen molar-refractivity contribution in [2.45, 2.75) is 6.10 Å². The molecule has 27 heavy (non-hydrogen) atoms. The van der Waals surface area contributed by atoms with E-state index in [0.717, 1.165) is 64.1 Å². The normalized spacial score (nSPS) is 21.6. The molecular formula is C19H32IN5O2. The lowest BCUT2D eigenvalue weighted by Gasteiger charge is -2.38. The van der Waals surface area contributed by atoms with Crippen molar-refractivity contribution in [2.24, 2.45) is 4.99 Å². The second kappa shape index (κ2) is 10.9. The van der Waals surface area contributed by atoms with Gasteiger partial charge in [0.2, 0.25) is 0 Å². The van der Waals surface area contributed by atoms with Crippen molar-refractivity contribution < 1.29 is 9.47 Å². The second-order valence-electron chi connectivity index (χ2n) is 6.86. The molecule has 0 spiro atoms. The van der Waals surface area contributed by atoms with E-state index < -0.39 is 0 Å². The number of aliphatic imine (C=N–C) groups is 1. The lowest BCUT2D eigenvalue weighted by Crippen LogP contribution is -2.54. The molecule has 0 amide bonds. The Labute approximate surface area is 179 Å². The zero-order valence-electron chi connectivity index (χ0n) is 16.6. The standard InChI is InChI=1S/C19H31N5O2.HI/c1-20-19(21-14-18-15-22(2)11-12-26-18)24-9-7-23(8-10-24)16-5-4-6-17(13-16)25-3;/h4-6,13,18H,7-12,14-15H2,1-3H3,(H,20,21);1H. The van der Waals surface area contributed by atoms with Crippen LogP contribution < -0.4 is 15.0 Å². The van der Waals surface area contributed by atoms with Crippen LogP contribution in [0.4, 0.5) is 5.69 Å². The van der Waals surface area contributed by atoms with Crippen LogP contribution in [0.15, 0.2) is 29.3 Å². The third-order valence-electron chi connectivity index (χ3n) is 5.04. The Morgan fingerprint density at radius 2 is 2.04 bits per heavy atom. The fourth-order valence-corrected chi connectivity index (χ4v) is 3.51. The van der Waals surface area contributed by atoms with Gasteiger partial charge >= 0.3 is 0 Å². The fraction of sp³-hybridized carbons (Fsp3) is 0.632. The number of morpholine rings is 1. The number of halogens is 1. The lowest BCUT2D eigenvalue weighted by molar-refractivity contribution is -0.0163. The molecule has 8 heteroatoms. The molecule has 2 saturated heterocycles. The van der Waals surface area contributed by atoms with Gasteiger partial charge in [-0.05, 0) is 19.2 Å². The molecule has 2 aliphatic heterocycles. The summed E-state index contributed by atoms with van der Waals surface area (Å²) in [6, 6.07) is 8.26. The molecule has 0 aromatic heterocycles. The molecular weight excluding hydrogens is 457 g/mol. The number of hydrogen-bond acceptors (Lipinski definition) is 5. The summed E-state index contributed by atoms with van der Waals surface area (Å²) < 4.78 is 11.2. The van der Waals surface area contributed by atoms with Gasteiger partial charge in [0.05, 0.1) is 19.8 Å². The highest BCUT2D eigenvalue weighted by Gasteiger charge is 2.22. The average Bonchev–Trinajstić information content (AvgIpc) is 2.69. The molecule has 0 radical (unpaired) electrons. The Balaban J connectivity index is 0.00000261. The van der Waals surface area contributed by atoms with E-state index in [9.17, 15) is 0 Å². The molecule has 152 valence electrons. The largest absolute Gasteiger partial charge is 0.497 e. The summed E-state index contributed by atoms with van der Waals surface area (Å²) in [4.78, 5) is 11.5. The van der Waals surface area contributed by atoms with Gasteiger partial charge in [-0.1, -0.05) is 6.07 Å². The molecule has 0 bridgehead atoms. The molecule has 1 unspecified atom stereocenters. The first kappa shape index (κ1) is 22.0. The topological polar surface area (TPSA) is 52.6 Å². The maximum atomic E-state index is 5.83. The van der Waals surface area contributed by atoms with Crippen molar-refractivity contribution >= 4 is 35.6 Å². The van der Waals surface area contributed by atoms with Crippen molar-refractivity contribution in [1.82, 2.24) is 15.1 Å². The minimum atomic E-state index is 0. The number of nitrogens with zero attached hydrogens (tertiary/aromatic N) is 4. The quantitative estimate of drug-likeness (QED) is 0.392. The number of methoxy groups -OCH3 is 1. The summed E-state index contributed by atoms with van der Waals surface area (Å²) in [7, 11) is 5.70. The Bertz CT molecular complexity index is 608. The zero-order chi connectivity index (χ0) is 18.4. The molecule has 1 N–H and O–H groups in total. The third-order valence-corrected chi connectivity index (χ3v) is 5.04. The molecule has 2 heterocycles. The molecule has 0 saturated carbocycles. The number of likely N-dealkylation sites (N-methyl/N-ethyl adjacent to an activating group) is 1. The van der Waals surface area contributed by atoms with Gasteiger partial charge in [-0.3, -0.25) is 4.99 Å². The van der Waals surface area contributed by atoms with E-state index in [0.29, 0.717) is 0 Å². The van der Waals surface area contributed by atoms with Crippen LogP contribution in [0, 0.1) is 0 Å². The Kier molecular flexibility index (Phi) is 8.91. The molecule has 0 aliphatic carbocycles. The van der Waals surface area contributed by atoms with Crippen LogP contribution in [-0.4, -0.2) is 95.5 Å². The van der Waals surface area contributed by atoms with Crippen LogP contribution in [-0.2, 0) is 4.74 Å². The van der Waals surface area contributed by atoms with Crippen LogP contribution in [0.2, 0.25) is 0 Å². The maximum Gasteiger partial charge on any atom is 0.193 e. The minimum Gasteiger partial charge on any atom is -0.497 e. The lowest BCUT2D eigenvalue weighted by atomic mass is 10.2. The summed E-state index contributed by atoms with van der Waals surface area (Å²) in [5, 5.41) is 3.49. The number of piperazine rings is 1. The van der Waals surface area contributed by atoms with Gasteiger partial charge < -0.3 is 29.5 Å². The van der Waals surface area contributed by atoms with E-state index in [-0.39, 0.29) is 30.1 Å². The Hall–Kier alpha value is -1.26. The van der Waals surface area contributed by atoms with Gasteiger partial charge in [0, 0.05) is 64.6 Å². The van der Waals surface area contributed by atoms with Crippen LogP contribution in [0.3, 0.4) is 0 Å². The predicted octanol–water partition coefficient (Wildman–Crippen LogP) is 1.34. The Morgan fingerprint density at radius 1 is 1.26 bits per heavy atom. The number of hydrogen-bond donors (Lipinski definition) is 1. The van der Waals surface area contributed by atoms with Gasteiger partial charge in [0.25, 0.3) is 0 Å². The summed E-state index contributed by atoms with van der Waals surface area (Å²) in [6.45, 7) is 7.41. The van der Waals surface area contributed by atoms with Crippen molar-refractivity contribution in [3.63, 3.8) is 0 Å². The first-order valence-electron chi connectivity index (χ1n) is 9.34. The highest BCUT2D eigenvalue weighted by atomic mass is 127. The molecule has 1 aromatic carbocycles. The van der Waals surface area contributed by atoms with E-state index in [2.05, 4.69) is 44.2 Å². The Morgan fingerprint density at radius 3 is 2.70 bits per heavy atom. The van der Waals surface area contributed by atoms with Crippen LogP contribution in [0.25, 0.3) is 0 Å². The number of anilines is 1. The molecule has 7 nitrogen and oxygen atoms in total. The summed E-state index contributed by atoms with van der Waals surface area (Å²) in [5.41, 5.74) is 1.21. The van der Waals surface area contributed by atoms with Gasteiger partial charge in [0.15, 0.2) is 5.96 Å². The van der Waals surface area contributed by atoms with Crippen molar-refractivity contribution in [1.29, 1.82) is 0 Å². The molecule has 2 aliphatic rings. The summed E-state index contributed by atoms with van der Waals surface area (Å²) >= 11 is 0. The molecule has 2 fully saturated rings. The van der Waals surface area contributed by atoms with Crippen molar-refractivity contribution in [3.05, 3.63) is 24.3 Å². The van der Waals surface area contributed by atoms with Crippen LogP contribution in [0.1, 0.15) is 0 Å². The SMILES string of the molecule is CN=C(NCC1CN(C)CCO1)N1CCN(c2cccc(OC)c2)CC1.I. The average molecular weight is 489 g/mol. The van der Waals surface area contributed by atoms with Crippen LogP contribution >= 0.6 is 24.0 Å². The smallest absolute Gasteiger partial charge is 0.193 e. The molecule has 1 atom stereocenters. The monoisotopic (exact) mass is 489 g/mol. The van der Waals surface area contributed by atoms with E-state index in [4.69, 9.17) is 9.47 Å². The predicted molar refractivity (Wildman–Crippen MR) is 121 cm³/mol. The van der Waals surface area contributed by atoms with E-state index >= 15 is 0 Å². The van der Waals surface area contributed by atoms with Crippen molar-refractivity contribution in [2.75, 3.05) is 78.5 Å². The number of ether oxygens (including phenoxy) is 2. The first-order chi connectivity index (χ1) is 12.7. The fourth-order valence-electron chi connectivity index (χ4n) is 3.51. The first-order valence-corrected chi connectivity index (χ1v) is 9.34. The number of benzene rings is 1. The van der Waals surface area contributed by atoms with Gasteiger partial charge in [-0.25, -0.2) is 0 Å². The minimum absolute atomic E-state index is 0. The number of nitrogens with one attached hydrogen (secondary N) is 1. The number of guanidine groups is 1. The van der Waals surface area contributed by atoms with Crippen LogP contribution in [0.5, 0.6) is 5.75 Å². The summed E-state index contributed by atoms with van der Waals surface area (Å²) in [6.07, 6.45) is 0.226. The maximum absolute atomic E-state index is 5.83. The highest BCUT2D eigenvalue weighted by molar-refractivity contribution is 14.0. The summed E-state index contributed by atoms with van der Waals surface area (Å²) in [5.74, 6) is 1.87. The van der Waals surface area contributed by atoms with Gasteiger partial charge in [-0.2, -0.15) is 0 Å². The van der Waals surface area contributed by atoms with E-state index in [1.807, 2.05) is 19.2 Å². The van der Waals surface area contributed by atoms with E-state index in [1.54, 1.807) is 7.11 Å². The second-order valence-corrected chi connectivity index (χ2v) is 6.86. The van der Waals surface area contributed by atoms with Gasteiger partial charge in [0.1, 0.15) is 5.75 Å². The van der Waals surface area contributed by atoms with Gasteiger partial charge in [-0.15, -0.1) is 24.0 Å². The molecule has 1 aromatic rings. The molecule has 3 rings (SSSR count). The van der Waals surface area contributed by atoms with E-state index in [1.165, 1.54) is 5.69 Å². The number of rotatable bonds is 4. The zero-order valence-corrected chi connectivity index (χ0v) is 18.9. The third kappa shape index (κ3) is 6.11. The highest BCUT2D eigenvalue weighted by Crippen LogP contribution is 2.22. The van der Waals surface area contributed by atoms with Crippen molar-refractivity contribution in [3.8, 4) is 5.75 Å².